The van der Waals surface area contributed by atoms with Gasteiger partial charge in [-0.05, 0) is 57.7 Å². The number of Topliss-reactive ketones (excluding diaryl/α,β-unsaturated/α-hetero) is 1. The largest absolute Gasteiger partial charge is 0.492 e. The van der Waals surface area contributed by atoms with Gasteiger partial charge < -0.3 is 10.5 Å². The molecule has 0 bridgehead atoms. The van der Waals surface area contributed by atoms with Crippen LogP contribution in [0.5, 0.6) is 5.75 Å². The highest BCUT2D eigenvalue weighted by atomic mass is 16.5. The van der Waals surface area contributed by atoms with Gasteiger partial charge in [-0.25, -0.2) is 0 Å². The number of ether oxygens (including phenoxy) is 1. The summed E-state index contributed by atoms with van der Waals surface area (Å²) in [6, 6.07) is 7.56. The minimum Gasteiger partial charge on any atom is -0.492 e. The van der Waals surface area contributed by atoms with Crippen LogP contribution in [0, 0.1) is 18.3 Å². The van der Waals surface area contributed by atoms with Gasteiger partial charge in [-0.3, -0.25) is 9.78 Å². The van der Waals surface area contributed by atoms with Gasteiger partial charge in [0, 0.05) is 17.8 Å². The first-order valence-corrected chi connectivity index (χ1v) is 8.19. The number of hydrogen-bond donors (Lipinski definition) is 1. The molecular formula is C19H24N2O2. The molecular weight excluding hydrogens is 288 g/mol. The maximum atomic E-state index is 12.4. The Morgan fingerprint density at radius 2 is 2.13 bits per heavy atom. The molecule has 1 heterocycles. The van der Waals surface area contributed by atoms with Gasteiger partial charge in [-0.15, -0.1) is 0 Å². The molecule has 0 aliphatic heterocycles. The van der Waals surface area contributed by atoms with Crippen LogP contribution in [0.25, 0.3) is 10.9 Å². The Kier molecular flexibility index (Phi) is 4.00. The van der Waals surface area contributed by atoms with Crippen molar-refractivity contribution in [2.75, 3.05) is 12.3 Å². The SMILES string of the molecule is Cc1cc(N)c2c(OCC(C)(C)C(=O)CC3CC3)cccc2n1. The fourth-order valence-corrected chi connectivity index (χ4v) is 2.74. The zero-order chi connectivity index (χ0) is 16.6. The molecule has 0 spiro atoms. The Labute approximate surface area is 137 Å². The standard InChI is InChI=1S/C19H24N2O2/c1-12-9-14(20)18-15(21-12)5-4-6-16(18)23-11-19(2,3)17(22)10-13-7-8-13/h4-6,9,13H,7-8,10-11H2,1-3H3,(H2,20,21). The summed E-state index contributed by atoms with van der Waals surface area (Å²) in [6.45, 7) is 6.18. The predicted molar refractivity (Wildman–Crippen MR) is 92.5 cm³/mol. The predicted octanol–water partition coefficient (Wildman–Crippen LogP) is 3.90. The third-order valence-corrected chi connectivity index (χ3v) is 4.47. The number of hydrogen-bond acceptors (Lipinski definition) is 4. The van der Waals surface area contributed by atoms with Gasteiger partial charge in [-0.2, -0.15) is 0 Å². The fraction of sp³-hybridized carbons (Fsp3) is 0.474. The van der Waals surface area contributed by atoms with Crippen LogP contribution in [-0.2, 0) is 4.79 Å². The number of aryl methyl sites for hydroxylation is 1. The molecule has 1 fully saturated rings. The normalized spacial score (nSPS) is 14.9. The maximum Gasteiger partial charge on any atom is 0.142 e. The first kappa shape index (κ1) is 15.8. The van der Waals surface area contributed by atoms with Crippen molar-refractivity contribution in [3.63, 3.8) is 0 Å². The molecule has 1 aromatic heterocycles. The van der Waals surface area contributed by atoms with Crippen molar-refractivity contribution in [2.45, 2.75) is 40.0 Å². The molecule has 0 atom stereocenters. The lowest BCUT2D eigenvalue weighted by atomic mass is 9.86. The highest BCUT2D eigenvalue weighted by molar-refractivity contribution is 5.95. The molecule has 2 N–H and O–H groups in total. The monoisotopic (exact) mass is 312 g/mol. The molecule has 4 nitrogen and oxygen atoms in total. The van der Waals surface area contributed by atoms with E-state index in [9.17, 15) is 4.79 Å². The number of nitrogens with two attached hydrogens (primary N) is 1. The molecule has 1 aliphatic carbocycles. The summed E-state index contributed by atoms with van der Waals surface area (Å²) in [5.74, 6) is 1.57. The van der Waals surface area contributed by atoms with Gasteiger partial charge in [-0.1, -0.05) is 6.07 Å². The number of anilines is 1. The summed E-state index contributed by atoms with van der Waals surface area (Å²) in [5.41, 5.74) is 8.02. The molecule has 4 heteroatoms. The van der Waals surface area contributed by atoms with Gasteiger partial charge in [0.05, 0.1) is 16.3 Å². The van der Waals surface area contributed by atoms with Gasteiger partial charge in [0.25, 0.3) is 0 Å². The first-order chi connectivity index (χ1) is 10.9. The second-order valence-corrected chi connectivity index (χ2v) is 7.25. The van der Waals surface area contributed by atoms with E-state index in [-0.39, 0.29) is 5.78 Å². The number of ketones is 1. The third-order valence-electron chi connectivity index (χ3n) is 4.47. The average molecular weight is 312 g/mol. The Balaban J connectivity index is 1.80. The van der Waals surface area contributed by atoms with E-state index in [1.165, 1.54) is 12.8 Å². The van der Waals surface area contributed by atoms with E-state index in [1.807, 2.05) is 45.0 Å². The number of nitrogen functional groups attached to an aromatic ring is 1. The average Bonchev–Trinajstić information content (AvgIpc) is 3.28. The molecule has 1 aliphatic rings. The summed E-state index contributed by atoms with van der Waals surface area (Å²) in [6.07, 6.45) is 3.05. The van der Waals surface area contributed by atoms with Crippen molar-refractivity contribution >= 4 is 22.4 Å². The van der Waals surface area contributed by atoms with Crippen LogP contribution in [0.4, 0.5) is 5.69 Å². The van der Waals surface area contributed by atoms with E-state index in [1.54, 1.807) is 0 Å². The van der Waals surface area contributed by atoms with E-state index in [2.05, 4.69) is 4.98 Å². The summed E-state index contributed by atoms with van der Waals surface area (Å²) >= 11 is 0. The minimum absolute atomic E-state index is 0.280. The van der Waals surface area contributed by atoms with Crippen molar-refractivity contribution < 1.29 is 9.53 Å². The number of fused-ring (bicyclic) bond motifs is 1. The second kappa shape index (κ2) is 5.84. The number of rotatable bonds is 6. The lowest BCUT2D eigenvalue weighted by Gasteiger charge is -2.24. The van der Waals surface area contributed by atoms with Crippen LogP contribution < -0.4 is 10.5 Å². The molecule has 0 unspecified atom stereocenters. The van der Waals surface area contributed by atoms with Crippen LogP contribution in [0.15, 0.2) is 24.3 Å². The third kappa shape index (κ3) is 3.46. The van der Waals surface area contributed by atoms with Gasteiger partial charge in [0.1, 0.15) is 18.1 Å². The number of carbonyl (C=O) groups excluding carboxylic acids is 1. The minimum atomic E-state index is -0.488. The maximum absolute atomic E-state index is 12.4. The highest BCUT2D eigenvalue weighted by Crippen LogP contribution is 2.36. The number of aromatic nitrogens is 1. The van der Waals surface area contributed by atoms with Crippen LogP contribution in [0.2, 0.25) is 0 Å². The highest BCUT2D eigenvalue weighted by Gasteiger charge is 2.33. The second-order valence-electron chi connectivity index (χ2n) is 7.25. The Hall–Kier alpha value is -2.10. The van der Waals surface area contributed by atoms with Crippen molar-refractivity contribution in [3.05, 3.63) is 30.0 Å². The summed E-state index contributed by atoms with van der Waals surface area (Å²) in [7, 11) is 0. The lowest BCUT2D eigenvalue weighted by molar-refractivity contribution is -0.128. The van der Waals surface area contributed by atoms with Crippen molar-refractivity contribution in [3.8, 4) is 5.75 Å². The van der Waals surface area contributed by atoms with Crippen LogP contribution >= 0.6 is 0 Å². The van der Waals surface area contributed by atoms with Crippen molar-refractivity contribution in [2.24, 2.45) is 11.3 Å². The van der Waals surface area contributed by atoms with E-state index < -0.39 is 5.41 Å². The van der Waals surface area contributed by atoms with E-state index in [0.717, 1.165) is 16.6 Å². The summed E-state index contributed by atoms with van der Waals surface area (Å²) in [5, 5.41) is 0.823. The van der Waals surface area contributed by atoms with E-state index >= 15 is 0 Å². The number of pyridine rings is 1. The quantitative estimate of drug-likeness (QED) is 0.878. The first-order valence-electron chi connectivity index (χ1n) is 8.19. The van der Waals surface area contributed by atoms with Gasteiger partial charge in [0.2, 0.25) is 0 Å². The summed E-state index contributed by atoms with van der Waals surface area (Å²) in [4.78, 5) is 16.9. The molecule has 0 saturated heterocycles. The number of nitrogens with zero attached hydrogens (tertiary/aromatic N) is 1. The molecule has 0 amide bonds. The molecule has 2 aromatic rings. The van der Waals surface area contributed by atoms with Crippen LogP contribution in [0.1, 0.15) is 38.8 Å². The topological polar surface area (TPSA) is 65.2 Å². The lowest BCUT2D eigenvalue weighted by Crippen LogP contribution is -2.31. The Bertz CT molecular complexity index is 748. The molecule has 1 saturated carbocycles. The molecule has 3 rings (SSSR count). The fourth-order valence-electron chi connectivity index (χ4n) is 2.74. The summed E-state index contributed by atoms with van der Waals surface area (Å²) < 4.78 is 5.99. The molecule has 23 heavy (non-hydrogen) atoms. The van der Waals surface area contributed by atoms with Crippen molar-refractivity contribution in [1.82, 2.24) is 4.98 Å². The smallest absolute Gasteiger partial charge is 0.142 e. The molecule has 1 aromatic carbocycles. The Morgan fingerprint density at radius 1 is 1.39 bits per heavy atom. The Morgan fingerprint density at radius 3 is 2.83 bits per heavy atom. The molecule has 122 valence electrons. The zero-order valence-corrected chi connectivity index (χ0v) is 14.1. The number of carbonyl (C=O) groups is 1. The van der Waals surface area contributed by atoms with E-state index in [0.29, 0.717) is 30.4 Å². The number of benzene rings is 1. The van der Waals surface area contributed by atoms with Crippen molar-refractivity contribution in [1.29, 1.82) is 0 Å². The van der Waals surface area contributed by atoms with E-state index in [4.69, 9.17) is 10.5 Å². The zero-order valence-electron chi connectivity index (χ0n) is 14.1. The van der Waals surface area contributed by atoms with Crippen LogP contribution in [-0.4, -0.2) is 17.4 Å². The van der Waals surface area contributed by atoms with Crippen LogP contribution in [0.3, 0.4) is 0 Å². The van der Waals surface area contributed by atoms with Gasteiger partial charge in [0.15, 0.2) is 0 Å². The van der Waals surface area contributed by atoms with Gasteiger partial charge >= 0.3 is 0 Å². The molecule has 0 radical (unpaired) electrons.